The van der Waals surface area contributed by atoms with Crippen molar-refractivity contribution in [3.8, 4) is 0 Å². The van der Waals surface area contributed by atoms with Crippen molar-refractivity contribution < 1.29 is 4.79 Å². The third-order valence-electron chi connectivity index (χ3n) is 3.99. The predicted octanol–water partition coefficient (Wildman–Crippen LogP) is 1.70. The Hall–Kier alpha value is -1.39. The van der Waals surface area contributed by atoms with E-state index in [1.807, 2.05) is 37.4 Å². The second kappa shape index (κ2) is 6.17. The van der Waals surface area contributed by atoms with Crippen molar-refractivity contribution in [3.63, 3.8) is 0 Å². The number of amides is 1. The van der Waals surface area contributed by atoms with E-state index in [4.69, 9.17) is 0 Å². The first-order valence-electron chi connectivity index (χ1n) is 6.87. The Bertz CT molecular complexity index is 411. The van der Waals surface area contributed by atoms with Crippen LogP contribution < -0.4 is 10.6 Å². The minimum Gasteiger partial charge on any atom is -0.325 e. The van der Waals surface area contributed by atoms with Crippen molar-refractivity contribution in [2.75, 3.05) is 32.0 Å². The van der Waals surface area contributed by atoms with Crippen LogP contribution in [0.4, 0.5) is 5.69 Å². The topological polar surface area (TPSA) is 44.4 Å². The summed E-state index contributed by atoms with van der Waals surface area (Å²) in [5.74, 6) is 0.0688. The van der Waals surface area contributed by atoms with Gasteiger partial charge in [-0.05, 0) is 38.9 Å². The van der Waals surface area contributed by atoms with Crippen LogP contribution in [0.5, 0.6) is 0 Å². The Morgan fingerprint density at radius 3 is 2.47 bits per heavy atom. The van der Waals surface area contributed by atoms with Gasteiger partial charge < -0.3 is 10.6 Å². The molecule has 0 atom stereocenters. The highest BCUT2D eigenvalue weighted by Crippen LogP contribution is 2.20. The van der Waals surface area contributed by atoms with Crippen LogP contribution >= 0.6 is 0 Å². The average Bonchev–Trinajstić information content (AvgIpc) is 2.43. The summed E-state index contributed by atoms with van der Waals surface area (Å²) in [4.78, 5) is 14.2. The first-order chi connectivity index (χ1) is 9.11. The van der Waals surface area contributed by atoms with Crippen LogP contribution in [-0.4, -0.2) is 43.0 Å². The van der Waals surface area contributed by atoms with Crippen LogP contribution in [-0.2, 0) is 4.79 Å². The number of benzene rings is 1. The maximum absolute atomic E-state index is 11.9. The molecule has 1 amide bonds. The molecule has 2 N–H and O–H groups in total. The number of para-hydroxylation sites is 1. The molecule has 1 saturated heterocycles. The lowest BCUT2D eigenvalue weighted by molar-refractivity contribution is -0.117. The largest absolute Gasteiger partial charge is 0.325 e. The Morgan fingerprint density at radius 2 is 1.89 bits per heavy atom. The van der Waals surface area contributed by atoms with Crippen LogP contribution in [0.3, 0.4) is 0 Å². The first kappa shape index (κ1) is 14.0. The normalized spacial score (nSPS) is 19.1. The van der Waals surface area contributed by atoms with E-state index < -0.39 is 0 Å². The summed E-state index contributed by atoms with van der Waals surface area (Å²) in [6, 6.07) is 9.61. The molecule has 1 aliphatic rings. The molecule has 1 heterocycles. The molecule has 0 spiro atoms. The van der Waals surface area contributed by atoms with Crippen molar-refractivity contribution in [1.29, 1.82) is 0 Å². The molecule has 1 aromatic carbocycles. The molecule has 0 saturated carbocycles. The quantitative estimate of drug-likeness (QED) is 0.867. The van der Waals surface area contributed by atoms with E-state index in [0.717, 1.165) is 31.6 Å². The number of carbonyl (C=O) groups excluding carboxylic acids is 1. The zero-order valence-corrected chi connectivity index (χ0v) is 11.8. The molecule has 1 aliphatic heterocycles. The monoisotopic (exact) mass is 261 g/mol. The number of hydrogen-bond donors (Lipinski definition) is 2. The second-order valence-electron chi connectivity index (χ2n) is 5.50. The molecule has 0 aromatic heterocycles. The SMILES string of the molecule is CNC1(C)CCN(CC(=O)Nc2ccccc2)CC1. The predicted molar refractivity (Wildman–Crippen MR) is 78.2 cm³/mol. The van der Waals surface area contributed by atoms with Crippen molar-refractivity contribution in [3.05, 3.63) is 30.3 Å². The lowest BCUT2D eigenvalue weighted by atomic mass is 9.90. The van der Waals surface area contributed by atoms with Crippen molar-refractivity contribution in [2.45, 2.75) is 25.3 Å². The summed E-state index contributed by atoms with van der Waals surface area (Å²) in [6.45, 7) is 4.67. The van der Waals surface area contributed by atoms with Crippen LogP contribution in [0.15, 0.2) is 30.3 Å². The molecule has 1 aromatic rings. The third-order valence-corrected chi connectivity index (χ3v) is 3.99. The molecule has 4 nitrogen and oxygen atoms in total. The van der Waals surface area contributed by atoms with Crippen molar-refractivity contribution in [2.24, 2.45) is 0 Å². The molecule has 2 rings (SSSR count). The Kier molecular flexibility index (Phi) is 4.56. The van der Waals surface area contributed by atoms with Gasteiger partial charge in [0.1, 0.15) is 0 Å². The Labute approximate surface area is 115 Å². The van der Waals surface area contributed by atoms with Crippen LogP contribution in [0.2, 0.25) is 0 Å². The van der Waals surface area contributed by atoms with E-state index in [9.17, 15) is 4.79 Å². The highest BCUT2D eigenvalue weighted by molar-refractivity contribution is 5.92. The number of carbonyl (C=O) groups is 1. The number of anilines is 1. The van der Waals surface area contributed by atoms with Crippen molar-refractivity contribution >= 4 is 11.6 Å². The van der Waals surface area contributed by atoms with Crippen molar-refractivity contribution in [1.82, 2.24) is 10.2 Å². The third kappa shape index (κ3) is 4.04. The van der Waals surface area contributed by atoms with E-state index in [0.29, 0.717) is 6.54 Å². The fourth-order valence-electron chi connectivity index (χ4n) is 2.38. The van der Waals surface area contributed by atoms with Gasteiger partial charge in [0.15, 0.2) is 0 Å². The zero-order chi connectivity index (χ0) is 13.7. The van der Waals surface area contributed by atoms with Crippen LogP contribution in [0.25, 0.3) is 0 Å². The molecule has 0 aliphatic carbocycles. The fraction of sp³-hybridized carbons (Fsp3) is 0.533. The maximum atomic E-state index is 11.9. The fourth-order valence-corrected chi connectivity index (χ4v) is 2.38. The minimum absolute atomic E-state index is 0.0688. The zero-order valence-electron chi connectivity index (χ0n) is 11.8. The van der Waals surface area contributed by atoms with Gasteiger partial charge in [-0.25, -0.2) is 0 Å². The van der Waals surface area contributed by atoms with E-state index in [-0.39, 0.29) is 11.4 Å². The van der Waals surface area contributed by atoms with E-state index in [1.54, 1.807) is 0 Å². The number of nitrogens with one attached hydrogen (secondary N) is 2. The number of rotatable bonds is 4. The maximum Gasteiger partial charge on any atom is 0.238 e. The molecule has 19 heavy (non-hydrogen) atoms. The molecular formula is C15H23N3O. The summed E-state index contributed by atoms with van der Waals surface area (Å²) >= 11 is 0. The van der Waals surface area contributed by atoms with Gasteiger partial charge in [-0.15, -0.1) is 0 Å². The molecule has 0 unspecified atom stereocenters. The standard InChI is InChI=1S/C15H23N3O/c1-15(16-2)8-10-18(11-9-15)12-14(19)17-13-6-4-3-5-7-13/h3-7,16H,8-12H2,1-2H3,(H,17,19). The lowest BCUT2D eigenvalue weighted by Gasteiger charge is -2.39. The smallest absolute Gasteiger partial charge is 0.238 e. The molecule has 104 valence electrons. The average molecular weight is 261 g/mol. The van der Waals surface area contributed by atoms with E-state index >= 15 is 0 Å². The Morgan fingerprint density at radius 1 is 1.26 bits per heavy atom. The van der Waals surface area contributed by atoms with Gasteiger partial charge in [-0.3, -0.25) is 9.69 Å². The molecule has 1 fully saturated rings. The first-order valence-corrected chi connectivity index (χ1v) is 6.87. The van der Waals surface area contributed by atoms with Crippen LogP contribution in [0.1, 0.15) is 19.8 Å². The number of piperidine rings is 1. The highest BCUT2D eigenvalue weighted by atomic mass is 16.2. The summed E-state index contributed by atoms with van der Waals surface area (Å²) < 4.78 is 0. The van der Waals surface area contributed by atoms with Gasteiger partial charge in [-0.1, -0.05) is 18.2 Å². The van der Waals surface area contributed by atoms with Gasteiger partial charge in [0.25, 0.3) is 0 Å². The molecule has 4 heteroatoms. The lowest BCUT2D eigenvalue weighted by Crippen LogP contribution is -2.51. The van der Waals surface area contributed by atoms with Gasteiger partial charge in [0.2, 0.25) is 5.91 Å². The summed E-state index contributed by atoms with van der Waals surface area (Å²) in [6.07, 6.45) is 2.17. The molecule has 0 radical (unpaired) electrons. The minimum atomic E-state index is 0.0688. The number of nitrogens with zero attached hydrogens (tertiary/aromatic N) is 1. The van der Waals surface area contributed by atoms with Gasteiger partial charge in [0.05, 0.1) is 6.54 Å². The summed E-state index contributed by atoms with van der Waals surface area (Å²) in [5.41, 5.74) is 1.09. The van der Waals surface area contributed by atoms with Gasteiger partial charge in [0, 0.05) is 24.3 Å². The van der Waals surface area contributed by atoms with Crippen LogP contribution in [0, 0.1) is 0 Å². The number of likely N-dealkylation sites (tertiary alicyclic amines) is 1. The van der Waals surface area contributed by atoms with E-state index in [2.05, 4.69) is 22.5 Å². The van der Waals surface area contributed by atoms with Gasteiger partial charge in [-0.2, -0.15) is 0 Å². The highest BCUT2D eigenvalue weighted by Gasteiger charge is 2.28. The molecule has 0 bridgehead atoms. The van der Waals surface area contributed by atoms with Gasteiger partial charge >= 0.3 is 0 Å². The second-order valence-corrected chi connectivity index (χ2v) is 5.50. The molecular weight excluding hydrogens is 238 g/mol. The summed E-state index contributed by atoms with van der Waals surface area (Å²) in [7, 11) is 2.01. The summed E-state index contributed by atoms with van der Waals surface area (Å²) in [5, 5.41) is 6.29. The van der Waals surface area contributed by atoms with E-state index in [1.165, 1.54) is 0 Å². The Balaban J connectivity index is 1.78. The number of hydrogen-bond acceptors (Lipinski definition) is 3.